The monoisotopic (exact) mass is 554 g/mol. The third-order valence-electron chi connectivity index (χ3n) is 8.14. The van der Waals surface area contributed by atoms with Crippen molar-refractivity contribution in [1.82, 2.24) is 0 Å². The Hall–Kier alpha value is -3.48. The molecule has 0 radical (unpaired) electrons. The first-order valence-electron chi connectivity index (χ1n) is 13.8. The van der Waals surface area contributed by atoms with Gasteiger partial charge < -0.3 is 14.6 Å². The molecule has 214 valence electrons. The lowest BCUT2D eigenvalue weighted by Gasteiger charge is -2.30. The van der Waals surface area contributed by atoms with Crippen LogP contribution in [0, 0.1) is 22.9 Å². The third-order valence-corrected chi connectivity index (χ3v) is 8.14. The molecule has 0 saturated heterocycles. The highest BCUT2D eigenvalue weighted by molar-refractivity contribution is 5.72. The number of benzene rings is 3. The zero-order valence-electron chi connectivity index (χ0n) is 23.5. The van der Waals surface area contributed by atoms with Gasteiger partial charge in [0.2, 0.25) is 0 Å². The summed E-state index contributed by atoms with van der Waals surface area (Å²) in [4.78, 5) is 11.4. The fourth-order valence-electron chi connectivity index (χ4n) is 6.10. The summed E-state index contributed by atoms with van der Waals surface area (Å²) in [5.74, 6) is -2.78. The van der Waals surface area contributed by atoms with E-state index in [9.17, 15) is 9.90 Å². The lowest BCUT2D eigenvalue weighted by molar-refractivity contribution is -0.137. The Morgan fingerprint density at radius 1 is 1.10 bits per heavy atom. The summed E-state index contributed by atoms with van der Waals surface area (Å²) in [6.07, 6.45) is 3.85. The van der Waals surface area contributed by atoms with Crippen LogP contribution in [0.25, 0.3) is 11.1 Å². The van der Waals surface area contributed by atoms with Crippen LogP contribution in [0.1, 0.15) is 87.8 Å². The zero-order valence-corrected chi connectivity index (χ0v) is 23.5. The fraction of sp³-hybridized carbons (Fsp3) is 0.424. The molecule has 1 fully saturated rings. The molecule has 1 saturated carbocycles. The topological polar surface area (TPSA) is 55.8 Å². The van der Waals surface area contributed by atoms with Crippen molar-refractivity contribution in [1.29, 1.82) is 0 Å². The molecule has 3 aromatic carbocycles. The molecule has 1 N–H and O–H groups in total. The standard InChI is InChI=1S/C33H37F3O4/c1-5-8-21(17-30(37)38)23-9-6-11-29(32(23)36)40-19-20-15-24(26-10-7-14-33(26,2)3)31(28(35)16-20)25-18-22(39-4)12-13-27(25)34/h6,9,11-13,15-16,18,21,26H,5,7-8,10,14,17,19H2,1-4H3,(H,37,38)/t21-,26+/m0/s1. The summed E-state index contributed by atoms with van der Waals surface area (Å²) in [5, 5.41) is 9.29. The van der Waals surface area contributed by atoms with Gasteiger partial charge in [-0.3, -0.25) is 4.79 Å². The molecule has 0 unspecified atom stereocenters. The zero-order chi connectivity index (χ0) is 29.0. The average Bonchev–Trinajstić information content (AvgIpc) is 3.26. The second-order valence-corrected chi connectivity index (χ2v) is 11.4. The number of ether oxygens (including phenoxy) is 2. The third kappa shape index (κ3) is 6.29. The number of carboxylic acids is 1. The molecule has 0 aromatic heterocycles. The molecular weight excluding hydrogens is 517 g/mol. The van der Waals surface area contributed by atoms with E-state index in [1.807, 2.05) is 13.0 Å². The summed E-state index contributed by atoms with van der Waals surface area (Å²) in [6.45, 7) is 6.10. The van der Waals surface area contributed by atoms with Gasteiger partial charge in [0.1, 0.15) is 24.0 Å². The largest absolute Gasteiger partial charge is 0.497 e. The van der Waals surface area contributed by atoms with Gasteiger partial charge in [0.25, 0.3) is 0 Å². The van der Waals surface area contributed by atoms with E-state index in [2.05, 4.69) is 13.8 Å². The van der Waals surface area contributed by atoms with Crippen LogP contribution in [0.4, 0.5) is 13.2 Å². The Bertz CT molecular complexity index is 1370. The van der Waals surface area contributed by atoms with Gasteiger partial charge in [0.05, 0.1) is 13.5 Å². The second-order valence-electron chi connectivity index (χ2n) is 11.4. The van der Waals surface area contributed by atoms with Crippen molar-refractivity contribution in [3.8, 4) is 22.6 Å². The van der Waals surface area contributed by atoms with Crippen molar-refractivity contribution in [3.05, 3.63) is 82.7 Å². The molecule has 1 aliphatic carbocycles. The van der Waals surface area contributed by atoms with Crippen LogP contribution in [0.5, 0.6) is 11.5 Å². The van der Waals surface area contributed by atoms with E-state index in [1.165, 1.54) is 37.4 Å². The van der Waals surface area contributed by atoms with Gasteiger partial charge in [-0.15, -0.1) is 0 Å². The van der Waals surface area contributed by atoms with Crippen LogP contribution >= 0.6 is 0 Å². The van der Waals surface area contributed by atoms with Crippen LogP contribution in [-0.4, -0.2) is 18.2 Å². The Labute approximate surface area is 234 Å². The number of carbonyl (C=O) groups is 1. The van der Waals surface area contributed by atoms with Gasteiger partial charge in [-0.25, -0.2) is 13.2 Å². The average molecular weight is 555 g/mol. The van der Waals surface area contributed by atoms with Gasteiger partial charge in [0.15, 0.2) is 11.6 Å². The maximum absolute atomic E-state index is 15.9. The van der Waals surface area contributed by atoms with Crippen LogP contribution in [0.2, 0.25) is 0 Å². The molecule has 0 spiro atoms. The molecule has 0 bridgehead atoms. The number of aliphatic carboxylic acids is 1. The fourth-order valence-corrected chi connectivity index (χ4v) is 6.10. The Morgan fingerprint density at radius 3 is 2.52 bits per heavy atom. The van der Waals surface area contributed by atoms with Crippen LogP contribution < -0.4 is 9.47 Å². The minimum absolute atomic E-state index is 0.00608. The predicted molar refractivity (Wildman–Crippen MR) is 149 cm³/mol. The first kappa shape index (κ1) is 29.5. The van der Waals surface area contributed by atoms with Gasteiger partial charge in [-0.2, -0.15) is 0 Å². The molecule has 0 amide bonds. The molecule has 7 heteroatoms. The van der Waals surface area contributed by atoms with E-state index in [1.54, 1.807) is 12.1 Å². The van der Waals surface area contributed by atoms with Crippen molar-refractivity contribution in [2.75, 3.05) is 7.11 Å². The normalized spacial score (nSPS) is 17.0. The molecule has 3 aromatic rings. The van der Waals surface area contributed by atoms with Crippen molar-refractivity contribution in [3.63, 3.8) is 0 Å². The molecule has 0 aliphatic heterocycles. The minimum atomic E-state index is -0.991. The molecule has 40 heavy (non-hydrogen) atoms. The summed E-state index contributed by atoms with van der Waals surface area (Å²) in [7, 11) is 1.48. The molecule has 2 atom stereocenters. The number of hydrogen-bond donors (Lipinski definition) is 1. The maximum Gasteiger partial charge on any atom is 0.303 e. The second kappa shape index (κ2) is 12.4. The highest BCUT2D eigenvalue weighted by Gasteiger charge is 2.38. The van der Waals surface area contributed by atoms with E-state index < -0.39 is 29.3 Å². The molecule has 1 aliphatic rings. The molecule has 4 rings (SSSR count). The maximum atomic E-state index is 15.9. The lowest BCUT2D eigenvalue weighted by atomic mass is 9.75. The quantitative estimate of drug-likeness (QED) is 0.257. The molecule has 0 heterocycles. The number of carboxylic acid groups (broad SMARTS) is 1. The molecule has 4 nitrogen and oxygen atoms in total. The van der Waals surface area contributed by atoms with Crippen molar-refractivity contribution >= 4 is 5.97 Å². The summed E-state index contributed by atoms with van der Waals surface area (Å²) in [5.41, 5.74) is 1.74. The lowest BCUT2D eigenvalue weighted by Crippen LogP contribution is -2.17. The summed E-state index contributed by atoms with van der Waals surface area (Å²) < 4.78 is 57.6. The van der Waals surface area contributed by atoms with Crippen molar-refractivity contribution in [2.24, 2.45) is 5.41 Å². The van der Waals surface area contributed by atoms with E-state index in [0.29, 0.717) is 35.3 Å². The Morgan fingerprint density at radius 2 is 1.88 bits per heavy atom. The van der Waals surface area contributed by atoms with Gasteiger partial charge in [-0.1, -0.05) is 51.8 Å². The summed E-state index contributed by atoms with van der Waals surface area (Å²) >= 11 is 0. The van der Waals surface area contributed by atoms with Gasteiger partial charge in [0, 0.05) is 11.1 Å². The highest BCUT2D eigenvalue weighted by Crippen LogP contribution is 2.52. The SMILES string of the molecule is CCC[C@@H](CC(=O)O)c1cccc(OCc2cc(F)c(-c3cc(OC)ccc3F)c([C@H]3CCCC3(C)C)c2)c1F. The van der Waals surface area contributed by atoms with Crippen molar-refractivity contribution < 1.29 is 32.5 Å². The molecular formula is C33H37F3O4. The minimum Gasteiger partial charge on any atom is -0.497 e. The predicted octanol–water partition coefficient (Wildman–Crippen LogP) is 9.01. The Kier molecular flexibility index (Phi) is 9.12. The van der Waals surface area contributed by atoms with Crippen LogP contribution in [-0.2, 0) is 11.4 Å². The first-order valence-corrected chi connectivity index (χ1v) is 13.8. The van der Waals surface area contributed by atoms with Crippen LogP contribution in [0.3, 0.4) is 0 Å². The number of rotatable bonds is 11. The number of halogens is 3. The first-order chi connectivity index (χ1) is 19.1. The van der Waals surface area contributed by atoms with Gasteiger partial charge in [-0.05, 0) is 83.5 Å². The summed E-state index contributed by atoms with van der Waals surface area (Å²) in [6, 6.07) is 12.2. The highest BCUT2D eigenvalue weighted by atomic mass is 19.1. The van der Waals surface area contributed by atoms with Crippen molar-refractivity contribution in [2.45, 2.75) is 77.7 Å². The van der Waals surface area contributed by atoms with Crippen LogP contribution in [0.15, 0.2) is 48.5 Å². The number of methoxy groups -OCH3 is 1. The smallest absolute Gasteiger partial charge is 0.303 e. The van der Waals surface area contributed by atoms with E-state index in [0.717, 1.165) is 19.3 Å². The van der Waals surface area contributed by atoms with Gasteiger partial charge >= 0.3 is 5.97 Å². The van der Waals surface area contributed by atoms with E-state index in [4.69, 9.17) is 9.47 Å². The van der Waals surface area contributed by atoms with E-state index in [-0.39, 0.29) is 41.2 Å². The van der Waals surface area contributed by atoms with E-state index >= 15 is 13.2 Å². The number of hydrogen-bond acceptors (Lipinski definition) is 3. The Balaban J connectivity index is 1.72.